The average molecular weight is 503 g/mol. The van der Waals surface area contributed by atoms with Crippen LogP contribution in [0, 0.1) is 11.6 Å². The number of rotatable bonds is 7. The second kappa shape index (κ2) is 9.33. The van der Waals surface area contributed by atoms with Crippen LogP contribution in [-0.2, 0) is 16.9 Å². The number of hydrogen-bond acceptors (Lipinski definition) is 7. The third-order valence-corrected chi connectivity index (χ3v) is 6.73. The summed E-state index contributed by atoms with van der Waals surface area (Å²) in [4.78, 5) is 30.1. The Kier molecular flexibility index (Phi) is 6.58. The van der Waals surface area contributed by atoms with Crippen molar-refractivity contribution in [2.45, 2.75) is 38.5 Å². The molecular weight excluding hydrogens is 478 g/mol. The first kappa shape index (κ1) is 24.7. The lowest BCUT2D eigenvalue weighted by molar-refractivity contribution is -0.135. The smallest absolute Gasteiger partial charge is 0.251 e. The molecule has 0 aliphatic carbocycles. The van der Waals surface area contributed by atoms with Gasteiger partial charge in [0.1, 0.15) is 28.6 Å². The normalized spacial score (nSPS) is 16.1. The highest BCUT2D eigenvalue weighted by atomic mass is 32.1. The molecule has 3 aromatic rings. The van der Waals surface area contributed by atoms with E-state index in [-0.39, 0.29) is 39.0 Å². The third-order valence-electron chi connectivity index (χ3n) is 5.66. The number of halogens is 2. The zero-order valence-electron chi connectivity index (χ0n) is 19.0. The van der Waals surface area contributed by atoms with Crippen molar-refractivity contribution in [3.8, 4) is 10.4 Å². The van der Waals surface area contributed by atoms with Gasteiger partial charge in [-0.25, -0.2) is 13.8 Å². The number of nitrogens with zero attached hydrogens (tertiary/aromatic N) is 2. The fraction of sp³-hybridized carbons (Fsp3) is 0.292. The van der Waals surface area contributed by atoms with Crippen LogP contribution in [0.3, 0.4) is 0 Å². The molecule has 1 aliphatic rings. The number of amides is 2. The Balaban J connectivity index is 1.64. The minimum absolute atomic E-state index is 0.0282. The molecule has 5 N–H and O–H groups in total. The summed E-state index contributed by atoms with van der Waals surface area (Å²) in [6.45, 7) is 3.46. The Morgan fingerprint density at radius 3 is 2.54 bits per heavy atom. The lowest BCUT2D eigenvalue weighted by atomic mass is 9.96. The van der Waals surface area contributed by atoms with E-state index in [4.69, 9.17) is 5.73 Å². The molecule has 0 radical (unpaired) electrons. The van der Waals surface area contributed by atoms with Crippen LogP contribution in [0.5, 0.6) is 0 Å². The zero-order valence-corrected chi connectivity index (χ0v) is 19.8. The molecule has 4 rings (SSSR count). The van der Waals surface area contributed by atoms with E-state index >= 15 is 0 Å². The van der Waals surface area contributed by atoms with E-state index in [9.17, 15) is 28.6 Å². The number of hydrogen-bond donors (Lipinski definition) is 4. The van der Waals surface area contributed by atoms with Crippen LogP contribution < -0.4 is 11.1 Å². The third kappa shape index (κ3) is 5.16. The van der Waals surface area contributed by atoms with E-state index in [0.29, 0.717) is 24.5 Å². The number of thiophene rings is 1. The maximum absolute atomic E-state index is 14.9. The second-order valence-electron chi connectivity index (χ2n) is 8.80. The zero-order chi connectivity index (χ0) is 25.5. The van der Waals surface area contributed by atoms with E-state index < -0.39 is 29.2 Å². The molecule has 1 aromatic carbocycles. The highest BCUT2D eigenvalue weighted by molar-refractivity contribution is 7.20. The van der Waals surface area contributed by atoms with Gasteiger partial charge in [0, 0.05) is 11.4 Å². The largest absolute Gasteiger partial charge is 0.386 e. The number of pyridine rings is 1. The molecule has 0 unspecified atom stereocenters. The van der Waals surface area contributed by atoms with Gasteiger partial charge in [-0.05, 0) is 56.2 Å². The number of aliphatic hydroxyl groups is 2. The van der Waals surface area contributed by atoms with Gasteiger partial charge < -0.3 is 26.2 Å². The molecule has 1 saturated heterocycles. The van der Waals surface area contributed by atoms with Crippen molar-refractivity contribution in [3.05, 3.63) is 64.9 Å². The summed E-state index contributed by atoms with van der Waals surface area (Å²) < 4.78 is 29.7. The molecule has 184 valence electrons. The van der Waals surface area contributed by atoms with Gasteiger partial charge in [0.05, 0.1) is 29.0 Å². The number of benzene rings is 1. The number of likely N-dealkylation sites (tertiary alicyclic amines) is 1. The maximum Gasteiger partial charge on any atom is 0.251 e. The quantitative estimate of drug-likeness (QED) is 0.393. The molecule has 0 spiro atoms. The van der Waals surface area contributed by atoms with Gasteiger partial charge in [-0.1, -0.05) is 6.07 Å². The number of nitrogens with one attached hydrogen (secondary N) is 1. The minimum Gasteiger partial charge on any atom is -0.386 e. The number of carbonyl (C=O) groups excluding carboxylic acids is 2. The van der Waals surface area contributed by atoms with Crippen LogP contribution >= 0.6 is 11.3 Å². The summed E-state index contributed by atoms with van der Waals surface area (Å²) >= 11 is 0.925. The molecular formula is C24H24F2N4O4S. The van der Waals surface area contributed by atoms with Crippen LogP contribution in [0.2, 0.25) is 0 Å². The van der Waals surface area contributed by atoms with Crippen molar-refractivity contribution in [1.29, 1.82) is 0 Å². The van der Waals surface area contributed by atoms with E-state index in [1.54, 1.807) is 18.2 Å². The highest BCUT2D eigenvalue weighted by Gasteiger charge is 2.30. The van der Waals surface area contributed by atoms with Gasteiger partial charge in [-0.15, -0.1) is 11.3 Å². The van der Waals surface area contributed by atoms with Gasteiger partial charge in [-0.2, -0.15) is 0 Å². The fourth-order valence-corrected chi connectivity index (χ4v) is 4.90. The predicted molar refractivity (Wildman–Crippen MR) is 127 cm³/mol. The van der Waals surface area contributed by atoms with Crippen molar-refractivity contribution >= 4 is 34.0 Å². The average Bonchev–Trinajstić information content (AvgIpc) is 3.31. The Bertz CT molecular complexity index is 1280. The molecule has 1 aliphatic heterocycles. The first-order chi connectivity index (χ1) is 16.4. The van der Waals surface area contributed by atoms with Gasteiger partial charge in [0.2, 0.25) is 0 Å². The number of anilines is 2. The fourth-order valence-electron chi connectivity index (χ4n) is 3.78. The van der Waals surface area contributed by atoms with Crippen LogP contribution in [0.25, 0.3) is 10.4 Å². The lowest BCUT2D eigenvalue weighted by Gasteiger charge is -2.18. The molecule has 35 heavy (non-hydrogen) atoms. The molecule has 0 bridgehead atoms. The summed E-state index contributed by atoms with van der Waals surface area (Å²) in [6, 6.07) is 8.46. The Hall–Kier alpha value is -3.41. The lowest BCUT2D eigenvalue weighted by Crippen LogP contribution is -2.29. The molecule has 2 amide bonds. The number of primary amides is 1. The molecule has 1 fully saturated rings. The number of carbonyl (C=O) groups is 2. The Labute approximate surface area is 204 Å². The van der Waals surface area contributed by atoms with Crippen LogP contribution in [-0.4, -0.2) is 44.6 Å². The van der Waals surface area contributed by atoms with E-state index in [2.05, 4.69) is 10.3 Å². The van der Waals surface area contributed by atoms with Gasteiger partial charge in [-0.3, -0.25) is 9.59 Å². The van der Waals surface area contributed by atoms with Crippen molar-refractivity contribution < 1.29 is 28.6 Å². The summed E-state index contributed by atoms with van der Waals surface area (Å²) in [5.74, 6) is -2.59. The topological polar surface area (TPSA) is 129 Å². The second-order valence-corrected chi connectivity index (χ2v) is 9.85. The van der Waals surface area contributed by atoms with Gasteiger partial charge >= 0.3 is 0 Å². The monoisotopic (exact) mass is 502 g/mol. The number of aromatic nitrogens is 1. The molecule has 2 aromatic heterocycles. The standard InChI is InChI=1S/C24H24F2N4O4S/c1-24(2,34)12-8-15(25)20(16(26)9-12)18-10-14(21(27)32)22(35-18)29-19-5-3-4-13(28-19)11-30-7-6-17(31)23(30)33/h3-5,8-10,17,31,34H,6-7,11H2,1-2H3,(H2,27,32)(H,28,29)/t17-/m0/s1. The molecule has 0 saturated carbocycles. The molecule has 11 heteroatoms. The molecule has 3 heterocycles. The first-order valence-electron chi connectivity index (χ1n) is 10.8. The minimum atomic E-state index is -1.44. The number of aliphatic hydroxyl groups excluding tert-OH is 1. The summed E-state index contributed by atoms with van der Waals surface area (Å²) in [7, 11) is 0. The molecule has 8 nitrogen and oxygen atoms in total. The van der Waals surface area contributed by atoms with E-state index in [1.807, 2.05) is 0 Å². The predicted octanol–water partition coefficient (Wildman–Crippen LogP) is 3.25. The Morgan fingerprint density at radius 1 is 1.29 bits per heavy atom. The van der Waals surface area contributed by atoms with Crippen LogP contribution in [0.1, 0.15) is 41.9 Å². The number of nitrogens with two attached hydrogens (primary N) is 1. The van der Waals surface area contributed by atoms with Crippen molar-refractivity contribution in [2.24, 2.45) is 5.73 Å². The summed E-state index contributed by atoms with van der Waals surface area (Å²) in [5.41, 5.74) is 4.38. The summed E-state index contributed by atoms with van der Waals surface area (Å²) in [6.07, 6.45) is -0.641. The maximum atomic E-state index is 14.9. The van der Waals surface area contributed by atoms with Crippen molar-refractivity contribution in [2.75, 3.05) is 11.9 Å². The SMILES string of the molecule is CC(C)(O)c1cc(F)c(-c2cc(C(N)=O)c(Nc3cccc(CN4CC[C@H](O)C4=O)n3)s2)c(F)c1. The van der Waals surface area contributed by atoms with Crippen molar-refractivity contribution in [3.63, 3.8) is 0 Å². The van der Waals surface area contributed by atoms with Crippen molar-refractivity contribution in [1.82, 2.24) is 9.88 Å². The summed E-state index contributed by atoms with van der Waals surface area (Å²) in [5, 5.41) is 22.9. The van der Waals surface area contributed by atoms with Gasteiger partial charge in [0.15, 0.2) is 0 Å². The molecule has 1 atom stereocenters. The van der Waals surface area contributed by atoms with Gasteiger partial charge in [0.25, 0.3) is 11.8 Å². The first-order valence-corrected chi connectivity index (χ1v) is 11.6. The van der Waals surface area contributed by atoms with Crippen LogP contribution in [0.4, 0.5) is 19.6 Å². The van der Waals surface area contributed by atoms with E-state index in [0.717, 1.165) is 23.5 Å². The van der Waals surface area contributed by atoms with E-state index in [1.165, 1.54) is 24.8 Å². The highest BCUT2D eigenvalue weighted by Crippen LogP contribution is 2.40. The Morgan fingerprint density at radius 2 is 1.97 bits per heavy atom. The van der Waals surface area contributed by atoms with Crippen LogP contribution in [0.15, 0.2) is 36.4 Å².